The summed E-state index contributed by atoms with van der Waals surface area (Å²) in [4.78, 5) is 18.9. The van der Waals surface area contributed by atoms with Crippen molar-refractivity contribution >= 4 is 5.82 Å². The first kappa shape index (κ1) is 16.0. The quantitative estimate of drug-likeness (QED) is 0.784. The molecule has 1 aliphatic heterocycles. The average molecular weight is 292 g/mol. The number of aromatic nitrogens is 2. The molecule has 118 valence electrons. The Labute approximate surface area is 127 Å². The first-order valence-corrected chi connectivity index (χ1v) is 8.25. The van der Waals surface area contributed by atoms with Gasteiger partial charge in [-0.1, -0.05) is 13.3 Å². The first-order chi connectivity index (χ1) is 10.2. The van der Waals surface area contributed by atoms with Crippen LogP contribution in [0, 0.1) is 0 Å². The minimum absolute atomic E-state index is 0.00862. The van der Waals surface area contributed by atoms with Gasteiger partial charge in [-0.2, -0.15) is 0 Å². The van der Waals surface area contributed by atoms with Gasteiger partial charge in [-0.3, -0.25) is 4.79 Å². The normalized spacial score (nSPS) is 19.6. The maximum absolute atomic E-state index is 12.1. The van der Waals surface area contributed by atoms with Crippen molar-refractivity contribution in [1.29, 1.82) is 0 Å². The molecule has 1 saturated heterocycles. The maximum atomic E-state index is 12.1. The third-order valence-corrected chi connectivity index (χ3v) is 4.23. The van der Waals surface area contributed by atoms with Crippen molar-refractivity contribution in [2.45, 2.75) is 58.5 Å². The molecule has 5 nitrogen and oxygen atoms in total. The molecule has 1 N–H and O–H groups in total. The van der Waals surface area contributed by atoms with Crippen LogP contribution in [0.15, 0.2) is 17.2 Å². The van der Waals surface area contributed by atoms with Crippen LogP contribution in [0.2, 0.25) is 0 Å². The molecule has 5 heteroatoms. The highest BCUT2D eigenvalue weighted by Gasteiger charge is 2.17. The van der Waals surface area contributed by atoms with Gasteiger partial charge in [-0.25, -0.2) is 4.98 Å². The number of hydrogen-bond acceptors (Lipinski definition) is 4. The Kier molecular flexibility index (Phi) is 6.23. The van der Waals surface area contributed by atoms with Crippen molar-refractivity contribution in [3.05, 3.63) is 22.7 Å². The summed E-state index contributed by atoms with van der Waals surface area (Å²) in [5.41, 5.74) is -0.00862. The zero-order valence-electron chi connectivity index (χ0n) is 13.3. The molecule has 0 spiro atoms. The van der Waals surface area contributed by atoms with E-state index in [0.29, 0.717) is 11.9 Å². The number of hydrogen-bond donors (Lipinski definition) is 1. The second-order valence-electron chi connectivity index (χ2n) is 5.94. The van der Waals surface area contributed by atoms with Gasteiger partial charge in [-0.15, -0.1) is 0 Å². The molecule has 1 aromatic heterocycles. The summed E-state index contributed by atoms with van der Waals surface area (Å²) in [6.07, 6.45) is 9.46. The van der Waals surface area contributed by atoms with E-state index in [-0.39, 0.29) is 5.56 Å². The summed E-state index contributed by atoms with van der Waals surface area (Å²) in [7, 11) is 0. The van der Waals surface area contributed by atoms with Gasteiger partial charge in [0.15, 0.2) is 5.82 Å². The van der Waals surface area contributed by atoms with E-state index in [0.717, 1.165) is 32.5 Å². The number of piperidine rings is 1. The molecule has 1 aromatic rings. The molecule has 0 aromatic carbocycles. The maximum Gasteiger partial charge on any atom is 0.293 e. The SMILES string of the molecule is CCCn1ccnc(NCCCN2CCCCC2C)c1=O. The molecule has 0 aliphatic carbocycles. The van der Waals surface area contributed by atoms with E-state index >= 15 is 0 Å². The Hall–Kier alpha value is -1.36. The molecule has 1 unspecified atom stereocenters. The highest BCUT2D eigenvalue weighted by atomic mass is 16.1. The van der Waals surface area contributed by atoms with Crippen molar-refractivity contribution in [2.24, 2.45) is 0 Å². The van der Waals surface area contributed by atoms with E-state index in [4.69, 9.17) is 0 Å². The lowest BCUT2D eigenvalue weighted by atomic mass is 10.0. The van der Waals surface area contributed by atoms with Crippen molar-refractivity contribution in [3.63, 3.8) is 0 Å². The fourth-order valence-corrected chi connectivity index (χ4v) is 2.96. The lowest BCUT2D eigenvalue weighted by molar-refractivity contribution is 0.160. The first-order valence-electron chi connectivity index (χ1n) is 8.25. The molecule has 1 atom stereocenters. The summed E-state index contributed by atoms with van der Waals surface area (Å²) in [6.45, 7) is 8.26. The van der Waals surface area contributed by atoms with Crippen LogP contribution in [0.5, 0.6) is 0 Å². The molecule has 0 amide bonds. The van der Waals surface area contributed by atoms with Gasteiger partial charge in [0.2, 0.25) is 0 Å². The molecule has 2 rings (SSSR count). The Morgan fingerprint density at radius 2 is 2.24 bits per heavy atom. The zero-order valence-corrected chi connectivity index (χ0v) is 13.3. The molecule has 1 aliphatic rings. The number of anilines is 1. The zero-order chi connectivity index (χ0) is 15.1. The van der Waals surface area contributed by atoms with E-state index < -0.39 is 0 Å². The Morgan fingerprint density at radius 1 is 1.38 bits per heavy atom. The Bertz CT molecular complexity index is 485. The van der Waals surface area contributed by atoms with Crippen LogP contribution < -0.4 is 10.9 Å². The summed E-state index contributed by atoms with van der Waals surface area (Å²) >= 11 is 0. The van der Waals surface area contributed by atoms with E-state index in [2.05, 4.69) is 29.0 Å². The number of aryl methyl sites for hydroxylation is 1. The minimum Gasteiger partial charge on any atom is -0.365 e. The summed E-state index contributed by atoms with van der Waals surface area (Å²) in [6, 6.07) is 0.704. The average Bonchev–Trinajstić information content (AvgIpc) is 2.49. The fraction of sp³-hybridized carbons (Fsp3) is 0.750. The molecular weight excluding hydrogens is 264 g/mol. The van der Waals surface area contributed by atoms with Crippen molar-refractivity contribution < 1.29 is 0 Å². The summed E-state index contributed by atoms with van der Waals surface area (Å²) < 4.78 is 1.72. The van der Waals surface area contributed by atoms with Crippen LogP contribution in [0.4, 0.5) is 5.82 Å². The molecular formula is C16H28N4O. The number of likely N-dealkylation sites (tertiary alicyclic amines) is 1. The van der Waals surface area contributed by atoms with E-state index in [1.165, 1.54) is 25.8 Å². The van der Waals surface area contributed by atoms with Gasteiger partial charge < -0.3 is 14.8 Å². The smallest absolute Gasteiger partial charge is 0.293 e. The monoisotopic (exact) mass is 292 g/mol. The van der Waals surface area contributed by atoms with Gasteiger partial charge in [0.05, 0.1) is 0 Å². The second-order valence-corrected chi connectivity index (χ2v) is 5.94. The number of nitrogens with zero attached hydrogens (tertiary/aromatic N) is 3. The lowest BCUT2D eigenvalue weighted by Gasteiger charge is -2.33. The van der Waals surface area contributed by atoms with Gasteiger partial charge >= 0.3 is 0 Å². The van der Waals surface area contributed by atoms with Crippen molar-refractivity contribution in [3.8, 4) is 0 Å². The summed E-state index contributed by atoms with van der Waals surface area (Å²) in [5.74, 6) is 0.484. The van der Waals surface area contributed by atoms with Gasteiger partial charge in [-0.05, 0) is 39.2 Å². The predicted molar refractivity (Wildman–Crippen MR) is 86.8 cm³/mol. The standard InChI is InChI=1S/C16H28N4O/c1-3-10-20-13-9-18-15(16(20)21)17-8-6-12-19-11-5-4-7-14(19)2/h9,13-14H,3-8,10-12H2,1-2H3,(H,17,18). The highest BCUT2D eigenvalue weighted by molar-refractivity contribution is 5.30. The van der Waals surface area contributed by atoms with Crippen molar-refractivity contribution in [2.75, 3.05) is 25.0 Å². The lowest BCUT2D eigenvalue weighted by Crippen LogP contribution is -2.38. The molecule has 0 bridgehead atoms. The topological polar surface area (TPSA) is 50.2 Å². The van der Waals surface area contributed by atoms with Crippen LogP contribution >= 0.6 is 0 Å². The Morgan fingerprint density at radius 3 is 3.00 bits per heavy atom. The van der Waals surface area contributed by atoms with Crippen LogP contribution in [-0.4, -0.2) is 40.1 Å². The fourth-order valence-electron chi connectivity index (χ4n) is 2.96. The molecule has 0 saturated carbocycles. The number of nitrogens with one attached hydrogen (secondary N) is 1. The van der Waals surface area contributed by atoms with E-state index in [1.807, 2.05) is 0 Å². The van der Waals surface area contributed by atoms with Crippen LogP contribution in [0.25, 0.3) is 0 Å². The van der Waals surface area contributed by atoms with Gasteiger partial charge in [0.1, 0.15) is 0 Å². The number of rotatable bonds is 7. The van der Waals surface area contributed by atoms with Crippen molar-refractivity contribution in [1.82, 2.24) is 14.5 Å². The van der Waals surface area contributed by atoms with E-state index in [9.17, 15) is 4.79 Å². The third-order valence-electron chi connectivity index (χ3n) is 4.23. The van der Waals surface area contributed by atoms with Crippen LogP contribution in [0.1, 0.15) is 46.0 Å². The second kappa shape index (κ2) is 8.17. The molecule has 0 radical (unpaired) electrons. The van der Waals surface area contributed by atoms with E-state index in [1.54, 1.807) is 17.0 Å². The van der Waals surface area contributed by atoms with Gasteiger partial charge in [0, 0.05) is 38.1 Å². The highest BCUT2D eigenvalue weighted by Crippen LogP contribution is 2.16. The third kappa shape index (κ3) is 4.56. The summed E-state index contributed by atoms with van der Waals surface area (Å²) in [5, 5.41) is 3.20. The van der Waals surface area contributed by atoms with Gasteiger partial charge in [0.25, 0.3) is 5.56 Å². The molecule has 2 heterocycles. The van der Waals surface area contributed by atoms with Crippen LogP contribution in [-0.2, 0) is 6.54 Å². The molecule has 1 fully saturated rings. The largest absolute Gasteiger partial charge is 0.365 e. The molecule has 21 heavy (non-hydrogen) atoms. The minimum atomic E-state index is -0.00862. The Balaban J connectivity index is 1.78. The van der Waals surface area contributed by atoms with Crippen LogP contribution in [0.3, 0.4) is 0 Å². The predicted octanol–water partition coefficient (Wildman–Crippen LogP) is 2.33.